The number of nitrogens with zero attached hydrogens (tertiary/aromatic N) is 2. The maximum Gasteiger partial charge on any atom is 0.263 e. The third-order valence-corrected chi connectivity index (χ3v) is 7.17. The molecule has 0 spiro atoms. The average Bonchev–Trinajstić information content (AvgIpc) is 3.57. The Hall–Kier alpha value is -3.63. The van der Waals surface area contributed by atoms with Crippen LogP contribution in [0.15, 0.2) is 24.5 Å². The first kappa shape index (κ1) is 26.0. The quantitative estimate of drug-likeness (QED) is 0.370. The predicted octanol–water partition coefficient (Wildman–Crippen LogP) is 4.78. The van der Waals surface area contributed by atoms with Gasteiger partial charge in [0.2, 0.25) is 5.91 Å². The van der Waals surface area contributed by atoms with Crippen molar-refractivity contribution in [3.63, 3.8) is 0 Å². The first-order valence-electron chi connectivity index (χ1n) is 12.9. The summed E-state index contributed by atoms with van der Waals surface area (Å²) in [4.78, 5) is 36.8. The molecule has 2 amide bonds. The maximum atomic E-state index is 14.5. The van der Waals surface area contributed by atoms with Gasteiger partial charge in [0, 0.05) is 35.7 Å². The van der Waals surface area contributed by atoms with Crippen molar-refractivity contribution in [3.8, 4) is 17.0 Å². The molecule has 0 aliphatic heterocycles. The monoisotopic (exact) mass is 529 g/mol. The number of carbonyl (C=O) groups is 2. The molecule has 202 valence electrons. The number of ether oxygens (including phenoxy) is 1. The summed E-state index contributed by atoms with van der Waals surface area (Å²) in [6.07, 6.45) is 0.123. The Morgan fingerprint density at radius 1 is 1.18 bits per heavy atom. The molecular weight excluding hydrogens is 499 g/mol. The van der Waals surface area contributed by atoms with Crippen molar-refractivity contribution >= 4 is 22.8 Å². The van der Waals surface area contributed by atoms with Crippen LogP contribution in [0.25, 0.3) is 22.3 Å². The topological polar surface area (TPSA) is 109 Å². The number of benzene rings is 1. The fourth-order valence-electron chi connectivity index (χ4n) is 4.91. The van der Waals surface area contributed by atoms with Crippen LogP contribution < -0.4 is 15.4 Å². The number of aromatic amines is 1. The number of H-pyrrole nitrogens is 1. The van der Waals surface area contributed by atoms with Crippen LogP contribution in [0.4, 0.5) is 13.2 Å². The van der Waals surface area contributed by atoms with Crippen molar-refractivity contribution < 1.29 is 27.5 Å². The molecule has 2 aliphatic carbocycles. The Labute approximate surface area is 217 Å². The highest BCUT2D eigenvalue weighted by molar-refractivity contribution is 6.09. The van der Waals surface area contributed by atoms with Crippen molar-refractivity contribution in [2.45, 2.75) is 70.6 Å². The molecule has 11 heteroatoms. The van der Waals surface area contributed by atoms with E-state index in [-0.39, 0.29) is 36.3 Å². The number of rotatable bonds is 9. The lowest BCUT2D eigenvalue weighted by Crippen LogP contribution is -2.39. The molecule has 2 heterocycles. The molecule has 2 saturated carbocycles. The number of hydrogen-bond donors (Lipinski definition) is 3. The standard InChI is InChI=1S/C27H30F3N5O3/c1-3-21(36)35-19-10-16(9-18(19)28)34-27(37)22-13(2)33-25-23(31-12-32-24(22)25)17-8-15(26(29)30)6-7-20(17)38-11-14-4-5-14/h6-8,12,14,16,18-19,26,33H,3-5,9-11H2,1-2H3,(H,34,37)(H,35,36)/t16-,18+,19+/m1/s1. The highest BCUT2D eigenvalue weighted by Crippen LogP contribution is 2.38. The number of halogens is 3. The number of carbonyl (C=O) groups excluding carboxylic acids is 2. The van der Waals surface area contributed by atoms with Crippen molar-refractivity contribution in [3.05, 3.63) is 41.3 Å². The molecule has 2 aliphatic rings. The van der Waals surface area contributed by atoms with Gasteiger partial charge in [-0.3, -0.25) is 9.59 Å². The van der Waals surface area contributed by atoms with E-state index < -0.39 is 30.6 Å². The minimum Gasteiger partial charge on any atom is -0.493 e. The third-order valence-electron chi connectivity index (χ3n) is 7.17. The molecule has 38 heavy (non-hydrogen) atoms. The highest BCUT2D eigenvalue weighted by atomic mass is 19.3. The molecule has 0 bridgehead atoms. The first-order valence-corrected chi connectivity index (χ1v) is 12.9. The minimum absolute atomic E-state index is 0.0875. The number of nitrogens with one attached hydrogen (secondary N) is 3. The summed E-state index contributed by atoms with van der Waals surface area (Å²) < 4.78 is 47.6. The number of alkyl halides is 3. The van der Waals surface area contributed by atoms with Crippen molar-refractivity contribution in [2.24, 2.45) is 5.92 Å². The number of amides is 2. The van der Waals surface area contributed by atoms with Gasteiger partial charge in [-0.2, -0.15) is 0 Å². The summed E-state index contributed by atoms with van der Waals surface area (Å²) in [6.45, 7) is 3.89. The van der Waals surface area contributed by atoms with Gasteiger partial charge in [0.25, 0.3) is 12.3 Å². The third kappa shape index (κ3) is 5.32. The largest absolute Gasteiger partial charge is 0.493 e. The summed E-state index contributed by atoms with van der Waals surface area (Å²) >= 11 is 0. The van der Waals surface area contributed by atoms with E-state index in [4.69, 9.17) is 4.74 Å². The van der Waals surface area contributed by atoms with Gasteiger partial charge in [0.05, 0.1) is 23.7 Å². The maximum absolute atomic E-state index is 14.5. The highest BCUT2D eigenvalue weighted by Gasteiger charge is 2.36. The van der Waals surface area contributed by atoms with E-state index in [0.717, 1.165) is 12.8 Å². The predicted molar refractivity (Wildman–Crippen MR) is 135 cm³/mol. The molecule has 2 aromatic heterocycles. The van der Waals surface area contributed by atoms with Gasteiger partial charge in [0.1, 0.15) is 29.5 Å². The van der Waals surface area contributed by atoms with Gasteiger partial charge < -0.3 is 20.4 Å². The van der Waals surface area contributed by atoms with Gasteiger partial charge in [-0.05, 0) is 50.3 Å². The van der Waals surface area contributed by atoms with Gasteiger partial charge in [-0.1, -0.05) is 6.92 Å². The summed E-state index contributed by atoms with van der Waals surface area (Å²) in [5, 5.41) is 5.53. The van der Waals surface area contributed by atoms with E-state index in [1.165, 1.54) is 24.5 Å². The lowest BCUT2D eigenvalue weighted by molar-refractivity contribution is -0.121. The van der Waals surface area contributed by atoms with E-state index in [1.807, 2.05) is 0 Å². The van der Waals surface area contributed by atoms with E-state index in [2.05, 4.69) is 25.6 Å². The number of fused-ring (bicyclic) bond motifs is 1. The van der Waals surface area contributed by atoms with Crippen LogP contribution in [-0.2, 0) is 4.79 Å². The Morgan fingerprint density at radius 3 is 2.68 bits per heavy atom. The van der Waals surface area contributed by atoms with Crippen LogP contribution in [0.1, 0.15) is 67.1 Å². The summed E-state index contributed by atoms with van der Waals surface area (Å²) in [5.41, 5.74) is 2.08. The smallest absolute Gasteiger partial charge is 0.263 e. The van der Waals surface area contributed by atoms with Crippen LogP contribution in [0, 0.1) is 12.8 Å². The van der Waals surface area contributed by atoms with Crippen LogP contribution in [0.3, 0.4) is 0 Å². The molecule has 0 saturated heterocycles. The molecule has 2 fully saturated rings. The Kier molecular flexibility index (Phi) is 7.27. The van der Waals surface area contributed by atoms with E-state index in [0.29, 0.717) is 46.3 Å². The molecule has 3 N–H and O–H groups in total. The first-order chi connectivity index (χ1) is 18.2. The fourth-order valence-corrected chi connectivity index (χ4v) is 4.91. The average molecular weight is 530 g/mol. The minimum atomic E-state index is -2.67. The zero-order valence-electron chi connectivity index (χ0n) is 21.2. The molecule has 0 unspecified atom stereocenters. The molecule has 1 aromatic carbocycles. The van der Waals surface area contributed by atoms with E-state index in [9.17, 15) is 22.8 Å². The van der Waals surface area contributed by atoms with Gasteiger partial charge in [-0.25, -0.2) is 23.1 Å². The fraction of sp³-hybridized carbons (Fsp3) is 0.481. The van der Waals surface area contributed by atoms with Crippen molar-refractivity contribution in [1.29, 1.82) is 0 Å². The lowest BCUT2D eigenvalue weighted by atomic mass is 10.0. The molecule has 0 radical (unpaired) electrons. The van der Waals surface area contributed by atoms with Crippen LogP contribution in [0.5, 0.6) is 5.75 Å². The molecule has 3 aromatic rings. The summed E-state index contributed by atoms with van der Waals surface area (Å²) in [6, 6.07) is 3.11. The van der Waals surface area contributed by atoms with Crippen molar-refractivity contribution in [2.75, 3.05) is 6.61 Å². The van der Waals surface area contributed by atoms with Gasteiger partial charge in [-0.15, -0.1) is 0 Å². The Bertz CT molecular complexity index is 1360. The Morgan fingerprint density at radius 2 is 1.97 bits per heavy atom. The van der Waals surface area contributed by atoms with Gasteiger partial charge in [0.15, 0.2) is 0 Å². The Balaban J connectivity index is 1.44. The second-order valence-electron chi connectivity index (χ2n) is 10.1. The normalized spacial score (nSPS) is 21.2. The molecule has 3 atom stereocenters. The van der Waals surface area contributed by atoms with Crippen LogP contribution in [0.2, 0.25) is 0 Å². The van der Waals surface area contributed by atoms with Gasteiger partial charge >= 0.3 is 0 Å². The second kappa shape index (κ2) is 10.6. The summed E-state index contributed by atoms with van der Waals surface area (Å²) in [7, 11) is 0. The molecule has 8 nitrogen and oxygen atoms in total. The van der Waals surface area contributed by atoms with Crippen molar-refractivity contribution in [1.82, 2.24) is 25.6 Å². The molecular formula is C27H30F3N5O3. The van der Waals surface area contributed by atoms with E-state index >= 15 is 0 Å². The zero-order valence-corrected chi connectivity index (χ0v) is 21.2. The van der Waals surface area contributed by atoms with Crippen LogP contribution >= 0.6 is 0 Å². The SMILES string of the molecule is CCC(=O)N[C@H]1C[C@H](NC(=O)c2c(C)[nH]c3c(-c4cc(C(F)F)ccc4OCC4CC4)ncnc23)C[C@@H]1F. The number of aromatic nitrogens is 3. The lowest BCUT2D eigenvalue weighted by Gasteiger charge is -2.15. The zero-order chi connectivity index (χ0) is 27.0. The van der Waals surface area contributed by atoms with E-state index in [1.54, 1.807) is 13.8 Å². The molecule has 5 rings (SSSR count). The van der Waals surface area contributed by atoms with Crippen LogP contribution in [-0.4, -0.2) is 51.6 Å². The number of hydrogen-bond acceptors (Lipinski definition) is 5. The second-order valence-corrected chi connectivity index (χ2v) is 10.1. The number of aryl methyl sites for hydroxylation is 1. The summed E-state index contributed by atoms with van der Waals surface area (Å²) in [5.74, 6) is 0.211.